The highest BCUT2D eigenvalue weighted by molar-refractivity contribution is 5.93. The molecule has 0 aromatic heterocycles. The number of nitrogens with two attached hydrogens (primary N) is 1. The van der Waals surface area contributed by atoms with Crippen LogP contribution in [-0.4, -0.2) is 0 Å². The Hall–Kier alpha value is -6.54. The minimum Gasteiger partial charge on any atom is -0.321 e. The Morgan fingerprint density at radius 2 is 1.21 bits per heavy atom. The van der Waals surface area contributed by atoms with Crippen molar-refractivity contribution in [2.24, 2.45) is 5.73 Å². The maximum Gasteiger partial charge on any atom is 0.0506 e. The highest BCUT2D eigenvalue weighted by Gasteiger charge is 2.45. The van der Waals surface area contributed by atoms with E-state index < -0.39 is 0 Å². The van der Waals surface area contributed by atoms with Gasteiger partial charge in [-0.1, -0.05) is 207 Å². The Bertz CT molecular complexity index is 2720. The molecule has 0 saturated heterocycles. The molecule has 1 aliphatic carbocycles. The van der Waals surface area contributed by atoms with Gasteiger partial charge in [-0.05, 0) is 115 Å². The van der Waals surface area contributed by atoms with E-state index in [0.29, 0.717) is 0 Å². The molecular formula is C56H47N. The predicted octanol–water partition coefficient (Wildman–Crippen LogP) is 13.7. The number of rotatable bonds is 10. The Balaban J connectivity index is 1.15. The third-order valence-electron chi connectivity index (χ3n) is 12.1. The SMILES string of the molecule is CCc1ccc(-c2ccc(C(=CC(N)c3ccccc3)/C=C\c3cccc4ccccc34)cc2)cc1C1(Cc2ccccc2C)c2ccccc2-c2ccccc21. The summed E-state index contributed by atoms with van der Waals surface area (Å²) in [6.45, 7) is 4.54. The van der Waals surface area contributed by atoms with Gasteiger partial charge in [0.1, 0.15) is 0 Å². The summed E-state index contributed by atoms with van der Waals surface area (Å²) in [5.74, 6) is 0. The largest absolute Gasteiger partial charge is 0.321 e. The van der Waals surface area contributed by atoms with E-state index in [2.05, 4.69) is 214 Å². The van der Waals surface area contributed by atoms with Crippen LogP contribution in [-0.2, 0) is 18.3 Å². The molecule has 57 heavy (non-hydrogen) atoms. The van der Waals surface area contributed by atoms with Gasteiger partial charge in [-0.2, -0.15) is 0 Å². The molecule has 0 bridgehead atoms. The molecule has 8 aromatic carbocycles. The van der Waals surface area contributed by atoms with E-state index in [9.17, 15) is 0 Å². The van der Waals surface area contributed by atoms with Crippen LogP contribution in [0.4, 0.5) is 0 Å². The van der Waals surface area contributed by atoms with Crippen molar-refractivity contribution < 1.29 is 0 Å². The first-order valence-corrected chi connectivity index (χ1v) is 20.2. The molecule has 0 amide bonds. The molecule has 1 unspecified atom stereocenters. The lowest BCUT2D eigenvalue weighted by atomic mass is 9.66. The van der Waals surface area contributed by atoms with Crippen LogP contribution in [0.15, 0.2) is 200 Å². The van der Waals surface area contributed by atoms with Gasteiger partial charge in [0.25, 0.3) is 0 Å². The molecule has 1 heteroatoms. The first kappa shape index (κ1) is 36.1. The minimum atomic E-state index is -0.337. The van der Waals surface area contributed by atoms with Crippen LogP contribution in [0.25, 0.3) is 44.7 Å². The van der Waals surface area contributed by atoms with E-state index in [1.165, 1.54) is 72.0 Å². The Labute approximate surface area is 337 Å². The second-order valence-electron chi connectivity index (χ2n) is 15.4. The zero-order chi connectivity index (χ0) is 38.8. The van der Waals surface area contributed by atoms with E-state index in [-0.39, 0.29) is 11.5 Å². The van der Waals surface area contributed by atoms with Crippen LogP contribution in [0.3, 0.4) is 0 Å². The maximum absolute atomic E-state index is 6.85. The van der Waals surface area contributed by atoms with E-state index >= 15 is 0 Å². The Morgan fingerprint density at radius 1 is 0.579 bits per heavy atom. The monoisotopic (exact) mass is 733 g/mol. The van der Waals surface area contributed by atoms with Gasteiger partial charge >= 0.3 is 0 Å². The fourth-order valence-corrected chi connectivity index (χ4v) is 9.10. The Kier molecular flexibility index (Phi) is 9.85. The molecule has 0 spiro atoms. The third kappa shape index (κ3) is 6.75. The van der Waals surface area contributed by atoms with Crippen molar-refractivity contribution in [3.8, 4) is 22.3 Å². The third-order valence-corrected chi connectivity index (χ3v) is 12.1. The van der Waals surface area contributed by atoms with Gasteiger partial charge in [-0.3, -0.25) is 0 Å². The molecule has 0 saturated carbocycles. The molecule has 0 fully saturated rings. The summed E-state index contributed by atoms with van der Waals surface area (Å²) in [4.78, 5) is 0. The molecule has 2 N–H and O–H groups in total. The molecule has 276 valence electrons. The molecule has 0 radical (unpaired) electrons. The summed E-state index contributed by atoms with van der Waals surface area (Å²) >= 11 is 0. The normalized spacial score (nSPS) is 13.8. The lowest BCUT2D eigenvalue weighted by Crippen LogP contribution is -2.31. The second kappa shape index (κ2) is 15.5. The van der Waals surface area contributed by atoms with Crippen LogP contribution >= 0.6 is 0 Å². The van der Waals surface area contributed by atoms with E-state index in [0.717, 1.165) is 29.5 Å². The molecule has 0 heterocycles. The predicted molar refractivity (Wildman–Crippen MR) is 242 cm³/mol. The van der Waals surface area contributed by atoms with Gasteiger partial charge in [0.2, 0.25) is 0 Å². The van der Waals surface area contributed by atoms with Crippen LogP contribution in [0.1, 0.15) is 63.0 Å². The molecule has 1 nitrogen and oxygen atoms in total. The van der Waals surface area contributed by atoms with Gasteiger partial charge in [-0.15, -0.1) is 0 Å². The van der Waals surface area contributed by atoms with E-state index in [4.69, 9.17) is 5.73 Å². The molecule has 1 atom stereocenters. The first-order valence-electron chi connectivity index (χ1n) is 20.2. The molecule has 1 aliphatic rings. The summed E-state index contributed by atoms with van der Waals surface area (Å²) in [5, 5.41) is 2.46. The van der Waals surface area contributed by atoms with Crippen molar-refractivity contribution in [3.63, 3.8) is 0 Å². The fraction of sp³-hybridized carbons (Fsp3) is 0.107. The maximum atomic E-state index is 6.85. The lowest BCUT2D eigenvalue weighted by Gasteiger charge is -2.36. The fourth-order valence-electron chi connectivity index (χ4n) is 9.10. The quantitative estimate of drug-likeness (QED) is 0.139. The average Bonchev–Trinajstić information content (AvgIpc) is 3.55. The first-order chi connectivity index (χ1) is 28.0. The van der Waals surface area contributed by atoms with Crippen molar-refractivity contribution in [1.29, 1.82) is 0 Å². The Morgan fingerprint density at radius 3 is 1.95 bits per heavy atom. The number of hydrogen-bond donors (Lipinski definition) is 1. The van der Waals surface area contributed by atoms with Gasteiger partial charge in [-0.25, -0.2) is 0 Å². The zero-order valence-electron chi connectivity index (χ0n) is 32.7. The molecule has 8 aromatic rings. The van der Waals surface area contributed by atoms with Gasteiger partial charge < -0.3 is 5.73 Å². The van der Waals surface area contributed by atoms with Crippen LogP contribution in [0, 0.1) is 6.92 Å². The summed E-state index contributed by atoms with van der Waals surface area (Å²) in [6, 6.07) is 68.4. The van der Waals surface area contributed by atoms with E-state index in [1.54, 1.807) is 0 Å². The van der Waals surface area contributed by atoms with Gasteiger partial charge in [0, 0.05) is 6.04 Å². The molecule has 9 rings (SSSR count). The molecular weight excluding hydrogens is 687 g/mol. The topological polar surface area (TPSA) is 26.0 Å². The van der Waals surface area contributed by atoms with Gasteiger partial charge in [0.05, 0.1) is 5.41 Å². The number of benzene rings is 8. The molecule has 0 aliphatic heterocycles. The van der Waals surface area contributed by atoms with Crippen molar-refractivity contribution >= 4 is 22.4 Å². The van der Waals surface area contributed by atoms with Crippen LogP contribution in [0.5, 0.6) is 0 Å². The van der Waals surface area contributed by atoms with Crippen molar-refractivity contribution in [1.82, 2.24) is 0 Å². The summed E-state index contributed by atoms with van der Waals surface area (Å²) in [6.07, 6.45) is 8.47. The number of fused-ring (bicyclic) bond motifs is 4. The zero-order valence-corrected chi connectivity index (χ0v) is 32.7. The lowest BCUT2D eigenvalue weighted by molar-refractivity contribution is 0.620. The number of aryl methyl sites for hydroxylation is 2. The smallest absolute Gasteiger partial charge is 0.0506 e. The minimum absolute atomic E-state index is 0.246. The summed E-state index contributed by atoms with van der Waals surface area (Å²) in [5.41, 5.74) is 24.3. The van der Waals surface area contributed by atoms with E-state index in [1.807, 2.05) is 6.07 Å². The van der Waals surface area contributed by atoms with Gasteiger partial charge in [0.15, 0.2) is 0 Å². The highest BCUT2D eigenvalue weighted by atomic mass is 14.6. The second-order valence-corrected chi connectivity index (χ2v) is 15.4. The number of allylic oxidation sites excluding steroid dienone is 2. The number of hydrogen-bond acceptors (Lipinski definition) is 1. The summed E-state index contributed by atoms with van der Waals surface area (Å²) in [7, 11) is 0. The summed E-state index contributed by atoms with van der Waals surface area (Å²) < 4.78 is 0. The van der Waals surface area contributed by atoms with Crippen molar-refractivity contribution in [3.05, 3.63) is 250 Å². The van der Waals surface area contributed by atoms with Crippen molar-refractivity contribution in [2.75, 3.05) is 0 Å². The average molecular weight is 734 g/mol. The standard InChI is InChI=1S/C56H47N/c1-3-40-28-34-46(36-54(40)56(38-48-20-8-7-16-39(48)2)52-26-13-11-24-50(52)51-25-12-14-27-53(51)56)41-29-31-42(32-30-41)47(37-55(57)45-18-5-4-6-19-45)35-33-44-22-15-21-43-17-9-10-23-49(43)44/h4-37,55H,3,38,57H2,1-2H3/b35-33-,47-37?. The highest BCUT2D eigenvalue weighted by Crippen LogP contribution is 2.55. The van der Waals surface area contributed by atoms with Crippen LogP contribution in [0.2, 0.25) is 0 Å². The van der Waals surface area contributed by atoms with Crippen molar-refractivity contribution in [2.45, 2.75) is 38.1 Å². The van der Waals surface area contributed by atoms with Crippen LogP contribution < -0.4 is 5.73 Å².